The van der Waals surface area contributed by atoms with Crippen LogP contribution < -0.4 is 10.5 Å². The van der Waals surface area contributed by atoms with Gasteiger partial charge in [0.2, 0.25) is 5.88 Å². The Kier molecular flexibility index (Phi) is 5.52. The van der Waals surface area contributed by atoms with E-state index < -0.39 is 5.91 Å². The van der Waals surface area contributed by atoms with Crippen LogP contribution in [0.5, 0.6) is 5.88 Å². The lowest BCUT2D eigenvalue weighted by molar-refractivity contribution is 0.0998. The molecular weight excluding hydrogens is 346 g/mol. The van der Waals surface area contributed by atoms with Gasteiger partial charge in [0.25, 0.3) is 5.91 Å². The number of amides is 1. The number of pyridine rings is 1. The van der Waals surface area contributed by atoms with Crippen LogP contribution in [0, 0.1) is 6.92 Å². The summed E-state index contributed by atoms with van der Waals surface area (Å²) in [5.41, 5.74) is 8.54. The van der Waals surface area contributed by atoms with Gasteiger partial charge >= 0.3 is 0 Å². The molecule has 0 bridgehead atoms. The van der Waals surface area contributed by atoms with E-state index in [1.165, 1.54) is 0 Å². The van der Waals surface area contributed by atoms with Crippen molar-refractivity contribution in [2.75, 3.05) is 6.61 Å². The number of nitrogens with zero attached hydrogens (tertiary/aromatic N) is 2. The third-order valence-corrected chi connectivity index (χ3v) is 4.30. The fourth-order valence-electron chi connectivity index (χ4n) is 2.74. The highest BCUT2D eigenvalue weighted by Gasteiger charge is 2.19. The van der Waals surface area contributed by atoms with E-state index in [-0.39, 0.29) is 24.7 Å². The Morgan fingerprint density at radius 3 is 2.67 bits per heavy atom. The largest absolute Gasteiger partial charge is 0.473 e. The van der Waals surface area contributed by atoms with E-state index in [0.29, 0.717) is 23.0 Å². The maximum absolute atomic E-state index is 11.6. The van der Waals surface area contributed by atoms with E-state index in [9.17, 15) is 9.90 Å². The maximum atomic E-state index is 11.6. The zero-order chi connectivity index (χ0) is 19.4. The number of nitrogens with two attached hydrogens (primary N) is 1. The Morgan fingerprint density at radius 2 is 2.00 bits per heavy atom. The fraction of sp³-hybridized carbons (Fsp3) is 0.250. The van der Waals surface area contributed by atoms with Crippen molar-refractivity contribution < 1.29 is 19.2 Å². The molecule has 0 aliphatic rings. The molecule has 2 heterocycles. The molecule has 0 unspecified atom stereocenters. The highest BCUT2D eigenvalue weighted by molar-refractivity contribution is 5.94. The number of aromatic nitrogens is 2. The number of ether oxygens (including phenoxy) is 1. The van der Waals surface area contributed by atoms with Gasteiger partial charge in [-0.25, -0.2) is 4.98 Å². The van der Waals surface area contributed by atoms with Crippen LogP contribution in [0.1, 0.15) is 40.2 Å². The van der Waals surface area contributed by atoms with Crippen molar-refractivity contribution in [3.05, 3.63) is 65.0 Å². The predicted octanol–water partition coefficient (Wildman–Crippen LogP) is 2.82. The number of aliphatic hydroxyl groups excluding tert-OH is 1. The number of hydrogen-bond acceptors (Lipinski definition) is 6. The highest BCUT2D eigenvalue weighted by Crippen LogP contribution is 2.27. The normalized spacial score (nSPS) is 12.0. The molecule has 140 valence electrons. The first-order valence-electron chi connectivity index (χ1n) is 8.56. The molecule has 27 heavy (non-hydrogen) atoms. The summed E-state index contributed by atoms with van der Waals surface area (Å²) in [6, 6.07) is 12.8. The van der Waals surface area contributed by atoms with Crippen molar-refractivity contribution in [1.82, 2.24) is 10.1 Å². The molecule has 0 aliphatic carbocycles. The molecule has 0 aliphatic heterocycles. The van der Waals surface area contributed by atoms with E-state index in [4.69, 9.17) is 15.0 Å². The third kappa shape index (κ3) is 3.98. The van der Waals surface area contributed by atoms with Crippen LogP contribution in [-0.2, 0) is 6.61 Å². The topological polar surface area (TPSA) is 111 Å². The van der Waals surface area contributed by atoms with Crippen molar-refractivity contribution in [2.45, 2.75) is 26.4 Å². The van der Waals surface area contributed by atoms with Gasteiger partial charge in [-0.05, 0) is 13.0 Å². The van der Waals surface area contributed by atoms with E-state index >= 15 is 0 Å². The smallest absolute Gasteiger partial charge is 0.250 e. The summed E-state index contributed by atoms with van der Waals surface area (Å²) in [5, 5.41) is 13.5. The zero-order valence-electron chi connectivity index (χ0n) is 15.2. The molecule has 0 saturated carbocycles. The van der Waals surface area contributed by atoms with Crippen molar-refractivity contribution in [3.8, 4) is 17.1 Å². The van der Waals surface area contributed by atoms with Gasteiger partial charge in [-0.2, -0.15) is 0 Å². The van der Waals surface area contributed by atoms with Gasteiger partial charge in [-0.3, -0.25) is 4.79 Å². The minimum Gasteiger partial charge on any atom is -0.473 e. The molecule has 2 aromatic heterocycles. The van der Waals surface area contributed by atoms with Gasteiger partial charge in [-0.15, -0.1) is 0 Å². The van der Waals surface area contributed by atoms with Crippen LogP contribution in [0.15, 0.2) is 47.0 Å². The maximum Gasteiger partial charge on any atom is 0.250 e. The van der Waals surface area contributed by atoms with Gasteiger partial charge in [0.15, 0.2) is 0 Å². The van der Waals surface area contributed by atoms with E-state index in [2.05, 4.69) is 10.1 Å². The number of benzene rings is 1. The fourth-order valence-corrected chi connectivity index (χ4v) is 2.74. The van der Waals surface area contributed by atoms with Gasteiger partial charge in [0.05, 0.1) is 23.4 Å². The standard InChI is InChI=1S/C20H21N3O4/c1-12(10-24)18-15(20(21)25)8-9-17(22-18)26-11-16-13(2)27-23-19(16)14-6-4-3-5-7-14/h3-9,12,24H,10-11H2,1-2H3,(H2,21,25)/t12-/m0/s1. The van der Waals surface area contributed by atoms with Crippen LogP contribution in [0.25, 0.3) is 11.3 Å². The monoisotopic (exact) mass is 367 g/mol. The summed E-state index contributed by atoms with van der Waals surface area (Å²) >= 11 is 0. The SMILES string of the molecule is Cc1onc(-c2ccccc2)c1COc1ccc(C(N)=O)c([C@@H](C)CO)n1. The first kappa shape index (κ1) is 18.6. The summed E-state index contributed by atoms with van der Waals surface area (Å²) in [6.07, 6.45) is 0. The van der Waals surface area contributed by atoms with Crippen molar-refractivity contribution in [3.63, 3.8) is 0 Å². The Morgan fingerprint density at radius 1 is 1.26 bits per heavy atom. The van der Waals surface area contributed by atoms with Gasteiger partial charge < -0.3 is 20.1 Å². The molecule has 0 saturated heterocycles. The van der Waals surface area contributed by atoms with E-state index in [1.54, 1.807) is 19.1 Å². The summed E-state index contributed by atoms with van der Waals surface area (Å²) in [7, 11) is 0. The second-order valence-electron chi connectivity index (χ2n) is 6.25. The van der Waals surface area contributed by atoms with Crippen LogP contribution in [0.4, 0.5) is 0 Å². The molecule has 7 heteroatoms. The summed E-state index contributed by atoms with van der Waals surface area (Å²) < 4.78 is 11.1. The van der Waals surface area contributed by atoms with Crippen molar-refractivity contribution >= 4 is 5.91 Å². The van der Waals surface area contributed by atoms with Crippen LogP contribution in [0.3, 0.4) is 0 Å². The lowest BCUT2D eigenvalue weighted by Crippen LogP contribution is -2.17. The lowest BCUT2D eigenvalue weighted by Gasteiger charge is -2.13. The van der Waals surface area contributed by atoms with Gasteiger partial charge in [-0.1, -0.05) is 42.4 Å². The van der Waals surface area contributed by atoms with Crippen molar-refractivity contribution in [2.24, 2.45) is 5.73 Å². The third-order valence-electron chi connectivity index (χ3n) is 4.30. The minimum absolute atomic E-state index is 0.153. The average molecular weight is 367 g/mol. The first-order valence-corrected chi connectivity index (χ1v) is 8.56. The number of carbonyl (C=O) groups excluding carboxylic acids is 1. The summed E-state index contributed by atoms with van der Waals surface area (Å²) in [6.45, 7) is 3.63. The van der Waals surface area contributed by atoms with Gasteiger partial charge in [0, 0.05) is 17.5 Å². The number of rotatable bonds is 7. The molecule has 3 aromatic rings. The van der Waals surface area contributed by atoms with Crippen molar-refractivity contribution in [1.29, 1.82) is 0 Å². The summed E-state index contributed by atoms with van der Waals surface area (Å²) in [5.74, 6) is 0.0559. The molecular formula is C20H21N3O4. The molecule has 0 fully saturated rings. The average Bonchev–Trinajstić information content (AvgIpc) is 3.06. The Labute approximate surface area is 156 Å². The number of aliphatic hydroxyl groups is 1. The number of aryl methyl sites for hydroxylation is 1. The molecule has 1 atom stereocenters. The lowest BCUT2D eigenvalue weighted by atomic mass is 10.0. The van der Waals surface area contributed by atoms with Crippen LogP contribution >= 0.6 is 0 Å². The van der Waals surface area contributed by atoms with Gasteiger partial charge in [0.1, 0.15) is 18.1 Å². The molecule has 1 aromatic carbocycles. The minimum atomic E-state index is -0.592. The predicted molar refractivity (Wildman–Crippen MR) is 99.3 cm³/mol. The number of carbonyl (C=O) groups is 1. The molecule has 1 amide bonds. The zero-order valence-corrected chi connectivity index (χ0v) is 15.2. The van der Waals surface area contributed by atoms with E-state index in [1.807, 2.05) is 37.3 Å². The molecule has 0 spiro atoms. The number of hydrogen-bond donors (Lipinski definition) is 2. The Balaban J connectivity index is 1.86. The quantitative estimate of drug-likeness (QED) is 0.664. The molecule has 3 N–H and O–H groups in total. The second kappa shape index (κ2) is 8.01. The molecule has 3 rings (SSSR count). The Hall–Kier alpha value is -3.19. The highest BCUT2D eigenvalue weighted by atomic mass is 16.5. The number of primary amides is 1. The van der Waals surface area contributed by atoms with E-state index in [0.717, 1.165) is 11.1 Å². The molecule has 7 nitrogen and oxygen atoms in total. The summed E-state index contributed by atoms with van der Waals surface area (Å²) in [4.78, 5) is 15.9. The van der Waals surface area contributed by atoms with Crippen LogP contribution in [-0.4, -0.2) is 27.8 Å². The molecule has 0 radical (unpaired) electrons. The van der Waals surface area contributed by atoms with Crippen LogP contribution in [0.2, 0.25) is 0 Å². The Bertz CT molecular complexity index is 938. The second-order valence-corrected chi connectivity index (χ2v) is 6.25. The first-order chi connectivity index (χ1) is 13.0.